The molecule has 4 heteroatoms. The minimum atomic E-state index is -0.349. The van der Waals surface area contributed by atoms with Crippen LogP contribution in [0.1, 0.15) is 105 Å². The van der Waals surface area contributed by atoms with Gasteiger partial charge in [-0.3, -0.25) is 9.59 Å². The Labute approximate surface area is 173 Å². The summed E-state index contributed by atoms with van der Waals surface area (Å²) in [7, 11) is 0. The Bertz CT molecular complexity index is 413. The summed E-state index contributed by atoms with van der Waals surface area (Å²) in [5, 5.41) is 0. The second-order valence-electron chi connectivity index (χ2n) is 7.76. The molecule has 0 amide bonds. The zero-order chi connectivity index (χ0) is 21.7. The SMILES string of the molecule is C=CCOC(=O)C(C)(C)CCC.C=COC(=O)CCCCCCCCCCC. The molecule has 0 heterocycles. The number of hydrogen-bond donors (Lipinski definition) is 0. The van der Waals surface area contributed by atoms with Crippen LogP contribution < -0.4 is 0 Å². The molecule has 0 aromatic heterocycles. The monoisotopic (exact) mass is 396 g/mol. The molecule has 28 heavy (non-hydrogen) atoms. The largest absolute Gasteiger partial charge is 0.461 e. The van der Waals surface area contributed by atoms with Crippen molar-refractivity contribution in [2.45, 2.75) is 105 Å². The minimum absolute atomic E-state index is 0.135. The van der Waals surface area contributed by atoms with Gasteiger partial charge in [-0.15, -0.1) is 0 Å². The summed E-state index contributed by atoms with van der Waals surface area (Å²) >= 11 is 0. The van der Waals surface area contributed by atoms with Crippen LogP contribution in [0.4, 0.5) is 0 Å². The first kappa shape index (κ1) is 28.6. The van der Waals surface area contributed by atoms with Crippen molar-refractivity contribution in [3.63, 3.8) is 0 Å². The van der Waals surface area contributed by atoms with Gasteiger partial charge in [0.2, 0.25) is 0 Å². The van der Waals surface area contributed by atoms with Crippen molar-refractivity contribution in [1.29, 1.82) is 0 Å². The molecule has 164 valence electrons. The van der Waals surface area contributed by atoms with Crippen LogP contribution in [0, 0.1) is 5.41 Å². The average molecular weight is 397 g/mol. The van der Waals surface area contributed by atoms with Crippen molar-refractivity contribution in [1.82, 2.24) is 0 Å². The van der Waals surface area contributed by atoms with Crippen LogP contribution >= 0.6 is 0 Å². The first-order valence-corrected chi connectivity index (χ1v) is 10.9. The molecule has 0 rings (SSSR count). The number of ether oxygens (including phenoxy) is 2. The highest BCUT2D eigenvalue weighted by Crippen LogP contribution is 2.23. The second-order valence-corrected chi connectivity index (χ2v) is 7.76. The highest BCUT2D eigenvalue weighted by atomic mass is 16.5. The van der Waals surface area contributed by atoms with E-state index in [4.69, 9.17) is 4.74 Å². The molecule has 0 saturated heterocycles. The zero-order valence-corrected chi connectivity index (χ0v) is 18.9. The highest BCUT2D eigenvalue weighted by molar-refractivity contribution is 5.75. The Balaban J connectivity index is 0. The van der Waals surface area contributed by atoms with Crippen LogP contribution in [0.25, 0.3) is 0 Å². The summed E-state index contributed by atoms with van der Waals surface area (Å²) in [4.78, 5) is 22.3. The van der Waals surface area contributed by atoms with Gasteiger partial charge in [0.05, 0.1) is 11.7 Å². The van der Waals surface area contributed by atoms with Gasteiger partial charge in [-0.2, -0.15) is 0 Å². The third-order valence-electron chi connectivity index (χ3n) is 4.46. The lowest BCUT2D eigenvalue weighted by atomic mass is 9.88. The van der Waals surface area contributed by atoms with E-state index in [1.807, 2.05) is 13.8 Å². The van der Waals surface area contributed by atoms with Gasteiger partial charge >= 0.3 is 11.9 Å². The lowest BCUT2D eigenvalue weighted by molar-refractivity contribution is -0.153. The fraction of sp³-hybridized carbons (Fsp3) is 0.750. The molecule has 0 bridgehead atoms. The number of carbonyl (C=O) groups excluding carboxylic acids is 2. The van der Waals surface area contributed by atoms with E-state index in [0.29, 0.717) is 13.0 Å². The summed E-state index contributed by atoms with van der Waals surface area (Å²) < 4.78 is 9.59. The van der Waals surface area contributed by atoms with E-state index < -0.39 is 0 Å². The molecular formula is C24H44O4. The molecule has 0 atom stereocenters. The summed E-state index contributed by atoms with van der Waals surface area (Å²) in [6.45, 7) is 15.3. The lowest BCUT2D eigenvalue weighted by Gasteiger charge is -2.20. The van der Waals surface area contributed by atoms with Gasteiger partial charge < -0.3 is 9.47 Å². The molecule has 0 radical (unpaired) electrons. The summed E-state index contributed by atoms with van der Waals surface area (Å²) in [5.74, 6) is -0.290. The number of rotatable bonds is 16. The van der Waals surface area contributed by atoms with Crippen molar-refractivity contribution in [2.75, 3.05) is 6.61 Å². The second kappa shape index (κ2) is 20.2. The zero-order valence-electron chi connectivity index (χ0n) is 18.9. The standard InChI is InChI=1S/C14H26O2.C10H18O2/c1-3-5-6-7-8-9-10-11-12-13-14(15)16-4-2;1-5-7-10(3,4)9(11)12-8-6-2/h4H,2-3,5-13H2,1H3;6H,2,5,7-8H2,1,3-4H3. The molecule has 0 aliphatic carbocycles. The van der Waals surface area contributed by atoms with E-state index in [2.05, 4.69) is 31.7 Å². The van der Waals surface area contributed by atoms with E-state index in [1.165, 1.54) is 51.2 Å². The fourth-order valence-corrected chi connectivity index (χ4v) is 2.79. The summed E-state index contributed by atoms with van der Waals surface area (Å²) in [6, 6.07) is 0. The van der Waals surface area contributed by atoms with E-state index in [1.54, 1.807) is 6.08 Å². The lowest BCUT2D eigenvalue weighted by Crippen LogP contribution is -2.26. The van der Waals surface area contributed by atoms with Crippen molar-refractivity contribution in [3.05, 3.63) is 25.5 Å². The first-order valence-electron chi connectivity index (χ1n) is 10.9. The fourth-order valence-electron chi connectivity index (χ4n) is 2.79. The molecule has 0 unspecified atom stereocenters. The normalized spacial score (nSPS) is 10.4. The molecule has 0 fully saturated rings. The maximum absolute atomic E-state index is 11.3. The predicted molar refractivity (Wildman–Crippen MR) is 118 cm³/mol. The first-order chi connectivity index (χ1) is 13.4. The molecule has 0 aromatic carbocycles. The van der Waals surface area contributed by atoms with E-state index in [0.717, 1.165) is 25.7 Å². The van der Waals surface area contributed by atoms with Gasteiger partial charge in [-0.05, 0) is 26.7 Å². The molecule has 0 spiro atoms. The van der Waals surface area contributed by atoms with Crippen molar-refractivity contribution >= 4 is 11.9 Å². The smallest absolute Gasteiger partial charge is 0.311 e. The van der Waals surface area contributed by atoms with Crippen LogP contribution in [0.2, 0.25) is 0 Å². The Kier molecular flexibility index (Phi) is 20.6. The van der Waals surface area contributed by atoms with Gasteiger partial charge in [0.15, 0.2) is 0 Å². The van der Waals surface area contributed by atoms with Crippen LogP contribution in [0.15, 0.2) is 25.5 Å². The maximum Gasteiger partial charge on any atom is 0.311 e. The Morgan fingerprint density at radius 2 is 1.39 bits per heavy atom. The van der Waals surface area contributed by atoms with E-state index in [-0.39, 0.29) is 17.4 Å². The van der Waals surface area contributed by atoms with Gasteiger partial charge in [0.1, 0.15) is 6.61 Å². The third kappa shape index (κ3) is 19.2. The minimum Gasteiger partial charge on any atom is -0.461 e. The number of esters is 2. The molecular weight excluding hydrogens is 352 g/mol. The Morgan fingerprint density at radius 1 is 0.857 bits per heavy atom. The summed E-state index contributed by atoms with van der Waals surface area (Å²) in [6.07, 6.45) is 16.6. The van der Waals surface area contributed by atoms with Crippen LogP contribution in [-0.2, 0) is 19.1 Å². The maximum atomic E-state index is 11.3. The van der Waals surface area contributed by atoms with Gasteiger partial charge in [0, 0.05) is 6.42 Å². The Hall–Kier alpha value is -1.58. The van der Waals surface area contributed by atoms with Gasteiger partial charge in [-0.1, -0.05) is 90.9 Å². The average Bonchev–Trinajstić information content (AvgIpc) is 2.65. The Morgan fingerprint density at radius 3 is 1.86 bits per heavy atom. The topological polar surface area (TPSA) is 52.6 Å². The molecule has 0 aliphatic heterocycles. The number of hydrogen-bond acceptors (Lipinski definition) is 4. The molecule has 0 N–H and O–H groups in total. The molecule has 0 aromatic rings. The van der Waals surface area contributed by atoms with E-state index >= 15 is 0 Å². The van der Waals surface area contributed by atoms with Crippen LogP contribution in [0.3, 0.4) is 0 Å². The van der Waals surface area contributed by atoms with Crippen LogP contribution in [0.5, 0.6) is 0 Å². The number of unbranched alkanes of at least 4 members (excludes halogenated alkanes) is 8. The van der Waals surface area contributed by atoms with Crippen molar-refractivity contribution in [3.8, 4) is 0 Å². The highest BCUT2D eigenvalue weighted by Gasteiger charge is 2.27. The van der Waals surface area contributed by atoms with Gasteiger partial charge in [-0.25, -0.2) is 0 Å². The third-order valence-corrected chi connectivity index (χ3v) is 4.46. The number of carbonyl (C=O) groups is 2. The predicted octanol–water partition coefficient (Wildman–Crippen LogP) is 7.14. The van der Waals surface area contributed by atoms with E-state index in [9.17, 15) is 9.59 Å². The van der Waals surface area contributed by atoms with Gasteiger partial charge in [0.25, 0.3) is 0 Å². The molecule has 4 nitrogen and oxygen atoms in total. The van der Waals surface area contributed by atoms with Crippen molar-refractivity contribution < 1.29 is 19.1 Å². The van der Waals surface area contributed by atoms with Crippen molar-refractivity contribution in [2.24, 2.45) is 5.41 Å². The molecule has 0 aliphatic rings. The van der Waals surface area contributed by atoms with Crippen LogP contribution in [-0.4, -0.2) is 18.5 Å². The molecule has 0 saturated carbocycles. The quantitative estimate of drug-likeness (QED) is 0.120. The summed E-state index contributed by atoms with van der Waals surface area (Å²) in [5.41, 5.74) is -0.349.